The Hall–Kier alpha value is -0.520. The van der Waals surface area contributed by atoms with Gasteiger partial charge in [-0.2, -0.15) is 0 Å². The molecule has 2 bridgehead atoms. The van der Waals surface area contributed by atoms with E-state index in [1.165, 1.54) is 31.3 Å². The lowest BCUT2D eigenvalue weighted by Crippen LogP contribution is -1.97. The first kappa shape index (κ1) is 8.10. The van der Waals surface area contributed by atoms with Gasteiger partial charge in [0.2, 0.25) is 0 Å². The van der Waals surface area contributed by atoms with E-state index in [9.17, 15) is 0 Å². The summed E-state index contributed by atoms with van der Waals surface area (Å²) in [5.41, 5.74) is 3.18. The van der Waals surface area contributed by atoms with Gasteiger partial charge in [-0.05, 0) is 51.4 Å². The minimum Gasteiger partial charge on any atom is -0.0847 e. The van der Waals surface area contributed by atoms with Crippen LogP contribution in [0.4, 0.5) is 0 Å². The van der Waals surface area contributed by atoms with Gasteiger partial charge in [-0.3, -0.25) is 0 Å². The first-order valence-electron chi connectivity index (χ1n) is 5.13. The highest BCUT2D eigenvalue weighted by Crippen LogP contribution is 2.48. The lowest BCUT2D eigenvalue weighted by atomic mass is 9.93. The molecule has 0 radical (unpaired) electrons. The SMILES string of the molecule is CC=C(C)C=C1CC2CCC1C2. The molecule has 2 saturated carbocycles. The van der Waals surface area contributed by atoms with Gasteiger partial charge in [0.1, 0.15) is 0 Å². The highest BCUT2D eigenvalue weighted by molar-refractivity contribution is 5.27. The lowest BCUT2D eigenvalue weighted by Gasteiger charge is -2.12. The smallest absolute Gasteiger partial charge is 0.0197 e. The lowest BCUT2D eigenvalue weighted by molar-refractivity contribution is 0.560. The van der Waals surface area contributed by atoms with E-state index in [1.54, 1.807) is 5.57 Å². The molecule has 12 heavy (non-hydrogen) atoms. The maximum absolute atomic E-state index is 2.42. The summed E-state index contributed by atoms with van der Waals surface area (Å²) in [6, 6.07) is 0. The van der Waals surface area contributed by atoms with Crippen LogP contribution in [0.3, 0.4) is 0 Å². The van der Waals surface area contributed by atoms with Crippen molar-refractivity contribution in [1.29, 1.82) is 0 Å². The number of fused-ring (bicyclic) bond motifs is 2. The second-order valence-electron chi connectivity index (χ2n) is 4.33. The van der Waals surface area contributed by atoms with Gasteiger partial charge < -0.3 is 0 Å². The van der Waals surface area contributed by atoms with Gasteiger partial charge >= 0.3 is 0 Å². The predicted molar refractivity (Wildman–Crippen MR) is 53.0 cm³/mol. The van der Waals surface area contributed by atoms with Crippen molar-refractivity contribution in [2.45, 2.75) is 39.5 Å². The van der Waals surface area contributed by atoms with Gasteiger partial charge in [0.05, 0.1) is 0 Å². The molecule has 0 amide bonds. The number of allylic oxidation sites excluding steroid dienone is 4. The fraction of sp³-hybridized carbons (Fsp3) is 0.667. The summed E-state index contributed by atoms with van der Waals surface area (Å²) in [4.78, 5) is 0. The van der Waals surface area contributed by atoms with Crippen molar-refractivity contribution in [1.82, 2.24) is 0 Å². The highest BCUT2D eigenvalue weighted by atomic mass is 14.4. The largest absolute Gasteiger partial charge is 0.0847 e. The highest BCUT2D eigenvalue weighted by Gasteiger charge is 2.34. The summed E-state index contributed by atoms with van der Waals surface area (Å²) in [5, 5.41) is 0. The minimum absolute atomic E-state index is 0.963. The molecule has 2 rings (SSSR count). The molecule has 2 fully saturated rings. The molecule has 0 spiro atoms. The van der Waals surface area contributed by atoms with Gasteiger partial charge in [-0.25, -0.2) is 0 Å². The number of rotatable bonds is 1. The third-order valence-corrected chi connectivity index (χ3v) is 3.46. The van der Waals surface area contributed by atoms with Crippen LogP contribution in [0.5, 0.6) is 0 Å². The topological polar surface area (TPSA) is 0 Å². The maximum Gasteiger partial charge on any atom is -0.0197 e. The zero-order valence-corrected chi connectivity index (χ0v) is 8.14. The van der Waals surface area contributed by atoms with Crippen LogP contribution in [0.1, 0.15) is 39.5 Å². The van der Waals surface area contributed by atoms with Crippen LogP contribution in [-0.2, 0) is 0 Å². The predicted octanol–water partition coefficient (Wildman–Crippen LogP) is 3.70. The zero-order valence-electron chi connectivity index (χ0n) is 8.14. The fourth-order valence-corrected chi connectivity index (χ4v) is 2.65. The van der Waals surface area contributed by atoms with Crippen molar-refractivity contribution in [3.05, 3.63) is 23.3 Å². The molecular formula is C12H18. The molecule has 0 saturated heterocycles. The van der Waals surface area contributed by atoms with Gasteiger partial charge in [-0.15, -0.1) is 0 Å². The van der Waals surface area contributed by atoms with Gasteiger partial charge in [0.25, 0.3) is 0 Å². The second kappa shape index (κ2) is 3.08. The molecule has 2 aliphatic rings. The summed E-state index contributed by atoms with van der Waals surface area (Å²) < 4.78 is 0. The Bertz CT molecular complexity index is 232. The van der Waals surface area contributed by atoms with Gasteiger partial charge in [-0.1, -0.05) is 23.3 Å². The molecule has 0 heterocycles. The van der Waals surface area contributed by atoms with E-state index in [-0.39, 0.29) is 0 Å². The molecule has 0 aromatic rings. The Balaban J connectivity index is 2.11. The standard InChI is InChI=1S/C12H18/c1-3-9(2)6-12-8-10-4-5-11(12)7-10/h3,6,10-11H,4-5,7-8H2,1-2H3. The molecule has 0 aromatic carbocycles. The monoisotopic (exact) mass is 162 g/mol. The van der Waals surface area contributed by atoms with Crippen molar-refractivity contribution in [3.8, 4) is 0 Å². The normalized spacial score (nSPS) is 38.2. The Morgan fingerprint density at radius 2 is 2.25 bits per heavy atom. The Morgan fingerprint density at radius 1 is 1.42 bits per heavy atom. The van der Waals surface area contributed by atoms with Crippen LogP contribution in [0.15, 0.2) is 23.3 Å². The maximum atomic E-state index is 2.42. The van der Waals surface area contributed by atoms with Crippen LogP contribution in [0.25, 0.3) is 0 Å². The van der Waals surface area contributed by atoms with Crippen molar-refractivity contribution in [2.75, 3.05) is 0 Å². The number of hydrogen-bond acceptors (Lipinski definition) is 0. The van der Waals surface area contributed by atoms with E-state index in [4.69, 9.17) is 0 Å². The molecule has 2 atom stereocenters. The van der Waals surface area contributed by atoms with Crippen molar-refractivity contribution in [2.24, 2.45) is 11.8 Å². The first-order chi connectivity index (χ1) is 5.79. The van der Waals surface area contributed by atoms with Gasteiger partial charge in [0.15, 0.2) is 0 Å². The molecule has 2 unspecified atom stereocenters. The summed E-state index contributed by atoms with van der Waals surface area (Å²) in [6.07, 6.45) is 10.5. The van der Waals surface area contributed by atoms with Crippen molar-refractivity contribution >= 4 is 0 Å². The summed E-state index contributed by atoms with van der Waals surface area (Å²) >= 11 is 0. The third kappa shape index (κ3) is 1.35. The van der Waals surface area contributed by atoms with E-state index in [0.29, 0.717) is 0 Å². The second-order valence-corrected chi connectivity index (χ2v) is 4.33. The molecule has 2 aliphatic carbocycles. The average Bonchev–Trinajstić information content (AvgIpc) is 2.64. The fourth-order valence-electron chi connectivity index (χ4n) is 2.65. The Kier molecular flexibility index (Phi) is 2.08. The van der Waals surface area contributed by atoms with Crippen LogP contribution in [0, 0.1) is 11.8 Å². The summed E-state index contributed by atoms with van der Waals surface area (Å²) in [5.74, 6) is 2.01. The third-order valence-electron chi connectivity index (χ3n) is 3.46. The molecule has 0 N–H and O–H groups in total. The molecule has 0 aliphatic heterocycles. The molecule has 0 heteroatoms. The number of hydrogen-bond donors (Lipinski definition) is 0. The Morgan fingerprint density at radius 3 is 2.75 bits per heavy atom. The van der Waals surface area contributed by atoms with Crippen molar-refractivity contribution in [3.63, 3.8) is 0 Å². The minimum atomic E-state index is 0.963. The molecule has 66 valence electrons. The van der Waals surface area contributed by atoms with Gasteiger partial charge in [0, 0.05) is 0 Å². The van der Waals surface area contributed by atoms with E-state index in [1.807, 2.05) is 0 Å². The summed E-state index contributed by atoms with van der Waals surface area (Å²) in [6.45, 7) is 4.33. The van der Waals surface area contributed by atoms with Crippen LogP contribution in [-0.4, -0.2) is 0 Å². The quantitative estimate of drug-likeness (QED) is 0.551. The molecule has 0 aromatic heterocycles. The Labute approximate surface area is 75.4 Å². The van der Waals surface area contributed by atoms with Crippen LogP contribution < -0.4 is 0 Å². The van der Waals surface area contributed by atoms with E-state index in [2.05, 4.69) is 26.0 Å². The van der Waals surface area contributed by atoms with E-state index < -0.39 is 0 Å². The molecule has 0 nitrogen and oxygen atoms in total. The summed E-state index contributed by atoms with van der Waals surface area (Å²) in [7, 11) is 0. The van der Waals surface area contributed by atoms with Crippen LogP contribution in [0.2, 0.25) is 0 Å². The molecular weight excluding hydrogens is 144 g/mol. The van der Waals surface area contributed by atoms with E-state index >= 15 is 0 Å². The first-order valence-corrected chi connectivity index (χ1v) is 5.13. The van der Waals surface area contributed by atoms with Crippen molar-refractivity contribution < 1.29 is 0 Å². The zero-order chi connectivity index (χ0) is 8.55. The van der Waals surface area contributed by atoms with E-state index in [0.717, 1.165) is 11.8 Å². The van der Waals surface area contributed by atoms with Crippen LogP contribution >= 0.6 is 0 Å². The average molecular weight is 162 g/mol.